The molecule has 194 valence electrons. The minimum Gasteiger partial charge on any atom is -0.493 e. The third kappa shape index (κ3) is 7.36. The molecule has 0 aliphatic carbocycles. The maximum Gasteiger partial charge on any atom is 0.271 e. The van der Waals surface area contributed by atoms with Gasteiger partial charge < -0.3 is 18.9 Å². The largest absolute Gasteiger partial charge is 0.493 e. The molecule has 4 rings (SSSR count). The Morgan fingerprint density at radius 1 is 0.763 bits per heavy atom. The van der Waals surface area contributed by atoms with Gasteiger partial charge in [-0.05, 0) is 65.2 Å². The van der Waals surface area contributed by atoms with E-state index in [-0.39, 0.29) is 5.91 Å². The van der Waals surface area contributed by atoms with Gasteiger partial charge in [-0.1, -0.05) is 58.4 Å². The van der Waals surface area contributed by atoms with Crippen LogP contribution in [-0.2, 0) is 13.2 Å². The third-order valence-corrected chi connectivity index (χ3v) is 6.07. The highest BCUT2D eigenvalue weighted by Crippen LogP contribution is 2.30. The van der Waals surface area contributed by atoms with Crippen molar-refractivity contribution in [1.82, 2.24) is 5.43 Å². The second-order valence-corrected chi connectivity index (χ2v) is 9.08. The number of carbonyl (C=O) groups excluding carboxylic acids is 1. The Balaban J connectivity index is 1.35. The molecule has 0 heterocycles. The highest BCUT2D eigenvalue weighted by Gasteiger charge is 2.11. The molecule has 7 nitrogen and oxygen atoms in total. The zero-order valence-corrected chi connectivity index (χ0v) is 22.6. The maximum absolute atomic E-state index is 12.6. The average molecular weight is 575 g/mol. The molecule has 0 aromatic heterocycles. The van der Waals surface area contributed by atoms with Crippen LogP contribution in [0.25, 0.3) is 0 Å². The molecule has 1 amide bonds. The lowest BCUT2D eigenvalue weighted by molar-refractivity contribution is 0.0954. The molecule has 0 aliphatic heterocycles. The molecular formula is C30H27BrN2O5. The number of rotatable bonds is 11. The number of benzene rings is 4. The number of hydrogen-bond acceptors (Lipinski definition) is 6. The van der Waals surface area contributed by atoms with Crippen molar-refractivity contribution in [2.45, 2.75) is 13.2 Å². The Kier molecular flexibility index (Phi) is 9.37. The fourth-order valence-electron chi connectivity index (χ4n) is 3.52. The van der Waals surface area contributed by atoms with Gasteiger partial charge in [0.15, 0.2) is 23.0 Å². The first kappa shape index (κ1) is 26.8. The van der Waals surface area contributed by atoms with Crippen LogP contribution < -0.4 is 24.4 Å². The van der Waals surface area contributed by atoms with Gasteiger partial charge in [0.05, 0.1) is 20.4 Å². The highest BCUT2D eigenvalue weighted by molar-refractivity contribution is 9.10. The summed E-state index contributed by atoms with van der Waals surface area (Å²) in [4.78, 5) is 12.6. The Bertz CT molecular complexity index is 1390. The Hall–Kier alpha value is -4.30. The number of nitrogens with one attached hydrogen (secondary N) is 1. The van der Waals surface area contributed by atoms with Crippen molar-refractivity contribution < 1.29 is 23.7 Å². The number of nitrogens with zero attached hydrogens (tertiary/aromatic N) is 1. The number of ether oxygens (including phenoxy) is 4. The van der Waals surface area contributed by atoms with E-state index in [1.807, 2.05) is 60.7 Å². The second kappa shape index (κ2) is 13.3. The monoisotopic (exact) mass is 574 g/mol. The lowest BCUT2D eigenvalue weighted by Crippen LogP contribution is -2.17. The van der Waals surface area contributed by atoms with Gasteiger partial charge in [0, 0.05) is 10.0 Å². The van der Waals surface area contributed by atoms with Gasteiger partial charge in [-0.3, -0.25) is 4.79 Å². The van der Waals surface area contributed by atoms with Gasteiger partial charge in [0.25, 0.3) is 5.91 Å². The normalized spacial score (nSPS) is 10.7. The first-order valence-electron chi connectivity index (χ1n) is 11.8. The van der Waals surface area contributed by atoms with Crippen molar-refractivity contribution in [1.29, 1.82) is 0 Å². The van der Waals surface area contributed by atoms with Crippen LogP contribution in [-0.4, -0.2) is 26.3 Å². The van der Waals surface area contributed by atoms with E-state index in [4.69, 9.17) is 18.9 Å². The molecule has 0 aliphatic rings. The van der Waals surface area contributed by atoms with Gasteiger partial charge in [-0.2, -0.15) is 5.10 Å². The predicted octanol–water partition coefficient (Wildman–Crippen LogP) is 6.39. The lowest BCUT2D eigenvalue weighted by atomic mass is 10.2. The zero-order chi connectivity index (χ0) is 26.7. The maximum atomic E-state index is 12.6. The zero-order valence-electron chi connectivity index (χ0n) is 21.0. The van der Waals surface area contributed by atoms with Crippen molar-refractivity contribution in [2.75, 3.05) is 14.2 Å². The summed E-state index contributed by atoms with van der Waals surface area (Å²) in [5.74, 6) is 1.80. The van der Waals surface area contributed by atoms with Crippen molar-refractivity contribution in [2.24, 2.45) is 5.10 Å². The molecule has 8 heteroatoms. The lowest BCUT2D eigenvalue weighted by Gasteiger charge is -2.12. The molecule has 0 spiro atoms. The standard InChI is InChI=1S/C30H27BrN2O5/c1-35-28-16-23(10-14-26(28)38-20-22-8-12-25(31)13-9-22)18-32-33-30(34)24-11-15-27(29(17-24)36-2)37-19-21-6-4-3-5-7-21/h3-18H,19-20H2,1-2H3,(H,33,34)/b32-18+. The summed E-state index contributed by atoms with van der Waals surface area (Å²) in [7, 11) is 3.11. The quantitative estimate of drug-likeness (QED) is 0.166. The summed E-state index contributed by atoms with van der Waals surface area (Å²) in [6.07, 6.45) is 1.54. The van der Waals surface area contributed by atoms with Gasteiger partial charge >= 0.3 is 0 Å². The molecule has 0 bridgehead atoms. The highest BCUT2D eigenvalue weighted by atomic mass is 79.9. The van der Waals surface area contributed by atoms with Crippen LogP contribution in [0.3, 0.4) is 0 Å². The molecule has 0 fully saturated rings. The first-order chi connectivity index (χ1) is 18.6. The number of amides is 1. The number of halogens is 1. The minimum atomic E-state index is -0.379. The van der Waals surface area contributed by atoms with E-state index < -0.39 is 0 Å². The Morgan fingerprint density at radius 3 is 2.03 bits per heavy atom. The fourth-order valence-corrected chi connectivity index (χ4v) is 3.78. The number of methoxy groups -OCH3 is 2. The topological polar surface area (TPSA) is 78.4 Å². The van der Waals surface area contributed by atoms with Gasteiger partial charge in [0.2, 0.25) is 0 Å². The van der Waals surface area contributed by atoms with E-state index in [0.717, 1.165) is 21.2 Å². The predicted molar refractivity (Wildman–Crippen MR) is 150 cm³/mol. The van der Waals surface area contributed by atoms with E-state index in [9.17, 15) is 4.79 Å². The summed E-state index contributed by atoms with van der Waals surface area (Å²) >= 11 is 3.43. The molecule has 0 atom stereocenters. The Morgan fingerprint density at radius 2 is 1.37 bits per heavy atom. The van der Waals surface area contributed by atoms with E-state index in [0.29, 0.717) is 41.8 Å². The molecular weight excluding hydrogens is 548 g/mol. The van der Waals surface area contributed by atoms with E-state index in [1.54, 1.807) is 37.4 Å². The van der Waals surface area contributed by atoms with Crippen LogP contribution >= 0.6 is 15.9 Å². The first-order valence-corrected chi connectivity index (χ1v) is 12.6. The van der Waals surface area contributed by atoms with Crippen LogP contribution in [0, 0.1) is 0 Å². The smallest absolute Gasteiger partial charge is 0.271 e. The Labute approximate surface area is 230 Å². The van der Waals surface area contributed by atoms with Crippen molar-refractivity contribution in [3.63, 3.8) is 0 Å². The molecule has 4 aromatic carbocycles. The number of carbonyl (C=O) groups is 1. The SMILES string of the molecule is COc1cc(/C=N/NC(=O)c2ccc(OCc3ccccc3)c(OC)c2)ccc1OCc1ccc(Br)cc1. The van der Waals surface area contributed by atoms with Gasteiger partial charge in [-0.25, -0.2) is 5.43 Å². The molecule has 0 radical (unpaired) electrons. The van der Waals surface area contributed by atoms with Crippen molar-refractivity contribution >= 4 is 28.1 Å². The van der Waals surface area contributed by atoms with E-state index in [2.05, 4.69) is 26.5 Å². The number of hydrazone groups is 1. The summed E-state index contributed by atoms with van der Waals surface area (Å²) in [6, 6.07) is 28.1. The van der Waals surface area contributed by atoms with Crippen molar-refractivity contribution in [3.05, 3.63) is 118 Å². The summed E-state index contributed by atoms with van der Waals surface area (Å²) in [5, 5.41) is 4.08. The fraction of sp³-hybridized carbons (Fsp3) is 0.133. The third-order valence-electron chi connectivity index (χ3n) is 5.54. The molecule has 0 saturated carbocycles. The number of hydrogen-bond donors (Lipinski definition) is 1. The molecule has 38 heavy (non-hydrogen) atoms. The van der Waals surface area contributed by atoms with E-state index in [1.165, 1.54) is 13.3 Å². The summed E-state index contributed by atoms with van der Waals surface area (Å²) in [6.45, 7) is 0.803. The van der Waals surface area contributed by atoms with E-state index >= 15 is 0 Å². The minimum absolute atomic E-state index is 0.379. The van der Waals surface area contributed by atoms with Crippen molar-refractivity contribution in [3.8, 4) is 23.0 Å². The van der Waals surface area contributed by atoms with Crippen LogP contribution in [0.5, 0.6) is 23.0 Å². The summed E-state index contributed by atoms with van der Waals surface area (Å²) < 4.78 is 23.7. The average Bonchev–Trinajstić information content (AvgIpc) is 2.96. The molecule has 1 N–H and O–H groups in total. The molecule has 0 saturated heterocycles. The second-order valence-electron chi connectivity index (χ2n) is 8.16. The van der Waals surface area contributed by atoms with Crippen LogP contribution in [0.2, 0.25) is 0 Å². The summed E-state index contributed by atoms with van der Waals surface area (Å²) in [5.41, 5.74) is 5.74. The molecule has 4 aromatic rings. The van der Waals surface area contributed by atoms with Gasteiger partial charge in [-0.15, -0.1) is 0 Å². The molecule has 0 unspecified atom stereocenters. The van der Waals surface area contributed by atoms with Crippen LogP contribution in [0.1, 0.15) is 27.0 Å². The van der Waals surface area contributed by atoms with Crippen LogP contribution in [0.4, 0.5) is 0 Å². The van der Waals surface area contributed by atoms with Crippen LogP contribution in [0.15, 0.2) is 101 Å². The van der Waals surface area contributed by atoms with Gasteiger partial charge in [0.1, 0.15) is 13.2 Å².